The molecule has 0 unspecified atom stereocenters. The molecular formula is C27H26BrNO6. The zero-order valence-electron chi connectivity index (χ0n) is 19.8. The van der Waals surface area contributed by atoms with Gasteiger partial charge in [0.25, 0.3) is 0 Å². The van der Waals surface area contributed by atoms with Gasteiger partial charge in [-0.3, -0.25) is 24.1 Å². The van der Waals surface area contributed by atoms with E-state index in [1.54, 1.807) is 19.1 Å². The van der Waals surface area contributed by atoms with E-state index in [2.05, 4.69) is 15.9 Å². The molecule has 3 aliphatic carbocycles. The molecule has 0 saturated carbocycles. The minimum Gasteiger partial charge on any atom is -0.503 e. The van der Waals surface area contributed by atoms with Crippen molar-refractivity contribution in [3.05, 3.63) is 56.6 Å². The quantitative estimate of drug-likeness (QED) is 0.352. The third-order valence-corrected chi connectivity index (χ3v) is 8.31. The molecule has 1 fully saturated rings. The summed E-state index contributed by atoms with van der Waals surface area (Å²) >= 11 is 3.37. The number of rotatable bonds is 4. The van der Waals surface area contributed by atoms with Crippen LogP contribution >= 0.6 is 15.9 Å². The van der Waals surface area contributed by atoms with Crippen molar-refractivity contribution in [1.29, 1.82) is 0 Å². The Labute approximate surface area is 211 Å². The van der Waals surface area contributed by atoms with Gasteiger partial charge in [0.15, 0.2) is 23.1 Å². The Balaban J connectivity index is 1.70. The third kappa shape index (κ3) is 3.44. The molecule has 8 heteroatoms. The third-order valence-electron chi connectivity index (χ3n) is 7.71. The van der Waals surface area contributed by atoms with Crippen molar-refractivity contribution in [2.24, 2.45) is 17.8 Å². The Kier molecular flexibility index (Phi) is 5.82. The topological polar surface area (TPSA) is 101 Å². The van der Waals surface area contributed by atoms with Gasteiger partial charge in [-0.1, -0.05) is 18.6 Å². The second kappa shape index (κ2) is 8.59. The van der Waals surface area contributed by atoms with E-state index < -0.39 is 17.8 Å². The number of methoxy groups -OCH3 is 1. The number of carbonyl (C=O) groups is 4. The second-order valence-corrected chi connectivity index (χ2v) is 10.5. The molecule has 2 amide bonds. The van der Waals surface area contributed by atoms with Crippen molar-refractivity contribution in [3.63, 3.8) is 0 Å². The number of nitrogens with zero attached hydrogens (tertiary/aromatic N) is 1. The molecule has 7 nitrogen and oxygen atoms in total. The predicted molar refractivity (Wildman–Crippen MR) is 131 cm³/mol. The van der Waals surface area contributed by atoms with Crippen LogP contribution in [0.15, 0.2) is 51.0 Å². The predicted octanol–water partition coefficient (Wildman–Crippen LogP) is 4.00. The first-order chi connectivity index (χ1) is 16.7. The number of allylic oxidation sites excluding steroid dienone is 6. The van der Waals surface area contributed by atoms with Crippen molar-refractivity contribution in [1.82, 2.24) is 4.90 Å². The van der Waals surface area contributed by atoms with E-state index in [0.29, 0.717) is 46.1 Å². The summed E-state index contributed by atoms with van der Waals surface area (Å²) in [6.07, 6.45) is 4.69. The molecule has 1 heterocycles. The molecule has 1 aromatic carbocycles. The fraction of sp³-hybridized carbons (Fsp3) is 0.407. The van der Waals surface area contributed by atoms with E-state index in [-0.39, 0.29) is 47.2 Å². The maximum Gasteiger partial charge on any atom is 0.233 e. The fourth-order valence-electron chi connectivity index (χ4n) is 6.17. The molecule has 35 heavy (non-hydrogen) atoms. The lowest BCUT2D eigenvalue weighted by Crippen LogP contribution is -2.39. The van der Waals surface area contributed by atoms with Crippen molar-refractivity contribution in [2.45, 2.75) is 39.0 Å². The number of phenols is 1. The second-order valence-electron chi connectivity index (χ2n) is 9.61. The molecule has 1 aromatic rings. The van der Waals surface area contributed by atoms with Crippen LogP contribution in [0.1, 0.15) is 44.6 Å². The summed E-state index contributed by atoms with van der Waals surface area (Å²) in [4.78, 5) is 54.4. The van der Waals surface area contributed by atoms with Crippen LogP contribution in [0, 0.1) is 17.8 Å². The lowest BCUT2D eigenvalue weighted by atomic mass is 9.59. The highest BCUT2D eigenvalue weighted by atomic mass is 79.9. The number of amides is 2. The SMILES string of the molecule is CCCN1C(=O)[C@H]2[C@H](CC=C3[C@H](c4cc(Br)c(O)c(OC)c4)C4=C(C[C@H]32)C(=O)C=C(C)C4=O)C1=O. The van der Waals surface area contributed by atoms with E-state index in [4.69, 9.17) is 4.74 Å². The number of likely N-dealkylation sites (tertiary alicyclic amines) is 1. The van der Waals surface area contributed by atoms with E-state index >= 15 is 0 Å². The molecule has 182 valence electrons. The largest absolute Gasteiger partial charge is 0.503 e. The molecule has 0 radical (unpaired) electrons. The number of aromatic hydroxyl groups is 1. The first kappa shape index (κ1) is 23.7. The molecule has 1 saturated heterocycles. The number of halogens is 1. The zero-order chi connectivity index (χ0) is 25.2. The summed E-state index contributed by atoms with van der Waals surface area (Å²) in [5.41, 5.74) is 2.74. The zero-order valence-corrected chi connectivity index (χ0v) is 21.3. The minimum absolute atomic E-state index is 0.0654. The van der Waals surface area contributed by atoms with Crippen LogP contribution in [0.2, 0.25) is 0 Å². The molecule has 0 spiro atoms. The van der Waals surface area contributed by atoms with E-state index in [0.717, 1.165) is 5.57 Å². The average Bonchev–Trinajstić information content (AvgIpc) is 3.08. The van der Waals surface area contributed by atoms with E-state index in [1.165, 1.54) is 18.1 Å². The molecule has 0 bridgehead atoms. The number of imide groups is 1. The Morgan fingerprint density at radius 3 is 2.57 bits per heavy atom. The first-order valence-corrected chi connectivity index (χ1v) is 12.6. The smallest absolute Gasteiger partial charge is 0.233 e. The van der Waals surface area contributed by atoms with Crippen LogP contribution in [0.5, 0.6) is 11.5 Å². The van der Waals surface area contributed by atoms with Gasteiger partial charge in [0.2, 0.25) is 11.8 Å². The van der Waals surface area contributed by atoms with Crippen molar-refractivity contribution < 1.29 is 29.0 Å². The van der Waals surface area contributed by atoms with Gasteiger partial charge < -0.3 is 9.84 Å². The van der Waals surface area contributed by atoms with Gasteiger partial charge in [-0.15, -0.1) is 0 Å². The average molecular weight is 540 g/mol. The number of Topliss-reactive ketones (excluding diaryl/α,β-unsaturated/α-hetero) is 1. The minimum atomic E-state index is -0.585. The summed E-state index contributed by atoms with van der Waals surface area (Å²) in [5.74, 6) is -2.54. The summed E-state index contributed by atoms with van der Waals surface area (Å²) < 4.78 is 5.75. The molecule has 0 aromatic heterocycles. The van der Waals surface area contributed by atoms with Gasteiger partial charge in [-0.05, 0) is 71.8 Å². The summed E-state index contributed by atoms with van der Waals surface area (Å²) in [5, 5.41) is 10.4. The number of phenolic OH excluding ortho intramolecular Hbond substituents is 1. The molecule has 4 atom stereocenters. The van der Waals surface area contributed by atoms with Gasteiger partial charge in [0.05, 0.1) is 23.4 Å². The normalized spacial score (nSPS) is 27.9. The standard InChI is InChI=1S/C27H26BrNO6/c1-4-7-29-26(33)15-6-5-14-16(22(15)27(29)34)11-17-19(30)8-12(2)24(31)23(17)21(14)13-9-18(28)25(32)20(10-13)35-3/h5,8-10,15-16,21-22,32H,4,6-7,11H2,1-3H3/t15-,16+,21-,22-/m0/s1. The Morgan fingerprint density at radius 1 is 1.14 bits per heavy atom. The summed E-state index contributed by atoms with van der Waals surface area (Å²) in [6, 6.07) is 3.39. The van der Waals surface area contributed by atoms with Crippen LogP contribution < -0.4 is 4.74 Å². The molecule has 5 rings (SSSR count). The number of ketones is 2. The highest BCUT2D eigenvalue weighted by Gasteiger charge is 2.56. The fourth-order valence-corrected chi connectivity index (χ4v) is 6.63. The maximum atomic E-state index is 13.4. The summed E-state index contributed by atoms with van der Waals surface area (Å²) in [6.45, 7) is 3.94. The van der Waals surface area contributed by atoms with E-state index in [1.807, 2.05) is 13.0 Å². The molecule has 4 aliphatic rings. The van der Waals surface area contributed by atoms with Crippen molar-refractivity contribution in [2.75, 3.05) is 13.7 Å². The highest BCUT2D eigenvalue weighted by Crippen LogP contribution is 2.56. The van der Waals surface area contributed by atoms with Crippen LogP contribution in [-0.4, -0.2) is 47.0 Å². The van der Waals surface area contributed by atoms with Gasteiger partial charge in [-0.25, -0.2) is 0 Å². The Morgan fingerprint density at radius 2 is 1.89 bits per heavy atom. The number of carbonyl (C=O) groups excluding carboxylic acids is 4. The van der Waals surface area contributed by atoms with E-state index in [9.17, 15) is 24.3 Å². The van der Waals surface area contributed by atoms with Gasteiger partial charge in [0, 0.05) is 29.2 Å². The van der Waals surface area contributed by atoms with Crippen LogP contribution in [0.25, 0.3) is 0 Å². The van der Waals surface area contributed by atoms with Crippen molar-refractivity contribution in [3.8, 4) is 11.5 Å². The monoisotopic (exact) mass is 539 g/mol. The number of ether oxygens (including phenoxy) is 1. The highest BCUT2D eigenvalue weighted by molar-refractivity contribution is 9.10. The van der Waals surface area contributed by atoms with Crippen LogP contribution in [0.3, 0.4) is 0 Å². The van der Waals surface area contributed by atoms with Gasteiger partial charge in [-0.2, -0.15) is 0 Å². The first-order valence-electron chi connectivity index (χ1n) is 11.8. The molecule has 1 aliphatic heterocycles. The van der Waals surface area contributed by atoms with Gasteiger partial charge in [0.1, 0.15) is 0 Å². The number of hydrogen-bond donors (Lipinski definition) is 1. The number of fused-ring (bicyclic) bond motifs is 3. The Bertz CT molecular complexity index is 1290. The molecular weight excluding hydrogens is 514 g/mol. The maximum absolute atomic E-state index is 13.4. The van der Waals surface area contributed by atoms with Crippen molar-refractivity contribution >= 4 is 39.3 Å². The number of benzene rings is 1. The van der Waals surface area contributed by atoms with Gasteiger partial charge >= 0.3 is 0 Å². The lowest BCUT2D eigenvalue weighted by molar-refractivity contribution is -0.140. The van der Waals surface area contributed by atoms with Crippen LogP contribution in [0.4, 0.5) is 0 Å². The lowest BCUT2D eigenvalue weighted by Gasteiger charge is -2.42. The van der Waals surface area contributed by atoms with Crippen LogP contribution in [-0.2, 0) is 19.2 Å². The summed E-state index contributed by atoms with van der Waals surface area (Å²) in [7, 11) is 1.44. The number of hydrogen-bond acceptors (Lipinski definition) is 6. The Hall–Kier alpha value is -3.00. The molecule has 1 N–H and O–H groups in total.